The number of likely N-dealkylation sites (tertiary alicyclic amines) is 1. The van der Waals surface area contributed by atoms with Crippen molar-refractivity contribution >= 4 is 0 Å². The minimum atomic E-state index is 0.659. The summed E-state index contributed by atoms with van der Waals surface area (Å²) in [6.45, 7) is 19.3. The van der Waals surface area contributed by atoms with Gasteiger partial charge >= 0.3 is 0 Å². The Morgan fingerprint density at radius 3 is 1.38 bits per heavy atom. The molecule has 21 heavy (non-hydrogen) atoms. The van der Waals surface area contributed by atoms with Crippen molar-refractivity contribution in [2.45, 2.75) is 74.1 Å². The van der Waals surface area contributed by atoms with E-state index in [2.05, 4.69) is 63.9 Å². The van der Waals surface area contributed by atoms with E-state index in [-0.39, 0.29) is 0 Å². The Kier molecular flexibility index (Phi) is 25.7. The zero-order chi connectivity index (χ0) is 17.1. The fourth-order valence-corrected chi connectivity index (χ4v) is 1.31. The molecule has 0 unspecified atom stereocenters. The van der Waals surface area contributed by atoms with Gasteiger partial charge < -0.3 is 4.90 Å². The molecular formula is C20H41N. The van der Waals surface area contributed by atoms with Gasteiger partial charge in [-0.3, -0.25) is 0 Å². The molecule has 0 aromatic heterocycles. The van der Waals surface area contributed by atoms with Crippen LogP contribution in [0.25, 0.3) is 0 Å². The lowest BCUT2D eigenvalue weighted by Crippen LogP contribution is -2.32. The third-order valence-electron chi connectivity index (χ3n) is 2.55. The van der Waals surface area contributed by atoms with Crippen LogP contribution in [-0.2, 0) is 0 Å². The molecule has 1 aliphatic heterocycles. The molecule has 1 nitrogen and oxygen atoms in total. The summed E-state index contributed by atoms with van der Waals surface area (Å²) in [4.78, 5) is 2.31. The van der Waals surface area contributed by atoms with Crippen molar-refractivity contribution in [2.24, 2.45) is 0 Å². The van der Waals surface area contributed by atoms with Gasteiger partial charge in [-0.05, 0) is 38.0 Å². The van der Waals surface area contributed by atoms with E-state index >= 15 is 0 Å². The predicted octanol–water partition coefficient (Wildman–Crippen LogP) is 6.60. The van der Waals surface area contributed by atoms with Crippen LogP contribution in [0.5, 0.6) is 0 Å². The summed E-state index contributed by atoms with van der Waals surface area (Å²) in [5.74, 6) is 0.659. The van der Waals surface area contributed by atoms with E-state index in [4.69, 9.17) is 0 Å². The van der Waals surface area contributed by atoms with Crippen molar-refractivity contribution < 1.29 is 0 Å². The van der Waals surface area contributed by atoms with Gasteiger partial charge in [0.25, 0.3) is 0 Å². The smallest absolute Gasteiger partial charge is 0.000959 e. The molecule has 1 aromatic rings. The first kappa shape index (κ1) is 25.2. The highest BCUT2D eigenvalue weighted by molar-refractivity contribution is 5.17. The van der Waals surface area contributed by atoms with Gasteiger partial charge in [0.05, 0.1) is 0 Å². The molecule has 1 fully saturated rings. The van der Waals surface area contributed by atoms with E-state index in [1.807, 2.05) is 33.8 Å². The highest BCUT2D eigenvalue weighted by Gasteiger charge is 2.04. The maximum atomic E-state index is 2.31. The average molecular weight is 296 g/mol. The van der Waals surface area contributed by atoms with Gasteiger partial charge in [-0.25, -0.2) is 0 Å². The van der Waals surface area contributed by atoms with E-state index in [0.29, 0.717) is 5.92 Å². The summed E-state index contributed by atoms with van der Waals surface area (Å²) in [6, 6.07) is 10.5. The van der Waals surface area contributed by atoms with E-state index < -0.39 is 0 Å². The molecule has 1 aliphatic rings. The topological polar surface area (TPSA) is 3.24 Å². The van der Waals surface area contributed by atoms with E-state index in [1.54, 1.807) is 0 Å². The van der Waals surface area contributed by atoms with Crippen LogP contribution in [0, 0.1) is 0 Å². The molecule has 1 heteroatoms. The molecule has 0 spiro atoms. The highest BCUT2D eigenvalue weighted by atomic mass is 15.1. The Balaban J connectivity index is -0.000000230. The number of hydrogen-bond donors (Lipinski definition) is 0. The molecule has 0 atom stereocenters. The molecule has 1 saturated heterocycles. The van der Waals surface area contributed by atoms with Gasteiger partial charge in [0.15, 0.2) is 0 Å². The second kappa shape index (κ2) is 21.5. The fourth-order valence-electron chi connectivity index (χ4n) is 1.31. The van der Waals surface area contributed by atoms with Crippen molar-refractivity contribution in [1.29, 1.82) is 0 Å². The molecule has 0 N–H and O–H groups in total. The lowest BCUT2D eigenvalue weighted by atomic mass is 10.0. The van der Waals surface area contributed by atoms with Gasteiger partial charge in [0.2, 0.25) is 0 Å². The predicted molar refractivity (Wildman–Crippen MR) is 101 cm³/mol. The maximum absolute atomic E-state index is 2.31. The third kappa shape index (κ3) is 19.2. The van der Waals surface area contributed by atoms with Gasteiger partial charge in [-0.1, -0.05) is 92.1 Å². The molecule has 0 bridgehead atoms. The maximum Gasteiger partial charge on any atom is -0.000959 e. The van der Waals surface area contributed by atoms with Crippen molar-refractivity contribution in [3.05, 3.63) is 35.9 Å². The van der Waals surface area contributed by atoms with E-state index in [9.17, 15) is 0 Å². The van der Waals surface area contributed by atoms with Crippen LogP contribution < -0.4 is 0 Å². The number of benzene rings is 1. The van der Waals surface area contributed by atoms with Crippen LogP contribution in [0.4, 0.5) is 0 Å². The standard InChI is InChI=1S/C9H12.C4H9N.C3H8.2C2H6/c1-8(2)9-6-4-3-5-7-9;1-5-3-2-4-5;1-3-2;2*1-2/h3-8H,1-2H3;2-4H2,1H3;3H2,1-2H3;2*1-2H3. The summed E-state index contributed by atoms with van der Waals surface area (Å²) in [6.07, 6.45) is 2.66. The number of nitrogens with zero attached hydrogens (tertiary/aromatic N) is 1. The largest absolute Gasteiger partial charge is 0.306 e. The molecule has 0 amide bonds. The molecule has 1 heterocycles. The van der Waals surface area contributed by atoms with Crippen LogP contribution in [-0.4, -0.2) is 25.0 Å². The van der Waals surface area contributed by atoms with Gasteiger partial charge in [-0.2, -0.15) is 0 Å². The van der Waals surface area contributed by atoms with Crippen LogP contribution in [0.2, 0.25) is 0 Å². The minimum absolute atomic E-state index is 0.659. The van der Waals surface area contributed by atoms with Crippen molar-refractivity contribution in [3.63, 3.8) is 0 Å². The van der Waals surface area contributed by atoms with Crippen LogP contribution in [0.15, 0.2) is 30.3 Å². The Morgan fingerprint density at radius 2 is 1.24 bits per heavy atom. The first-order valence-corrected chi connectivity index (χ1v) is 8.85. The first-order valence-electron chi connectivity index (χ1n) is 8.85. The lowest BCUT2D eigenvalue weighted by molar-refractivity contribution is 0.229. The quantitative estimate of drug-likeness (QED) is 0.564. The van der Waals surface area contributed by atoms with Gasteiger partial charge in [0, 0.05) is 0 Å². The minimum Gasteiger partial charge on any atom is -0.306 e. The molecule has 0 radical (unpaired) electrons. The lowest BCUT2D eigenvalue weighted by Gasteiger charge is -2.24. The van der Waals surface area contributed by atoms with E-state index in [1.165, 1.54) is 31.5 Å². The molecule has 126 valence electrons. The normalized spacial score (nSPS) is 11.9. The van der Waals surface area contributed by atoms with Crippen molar-refractivity contribution in [2.75, 3.05) is 20.1 Å². The molecule has 0 saturated carbocycles. The van der Waals surface area contributed by atoms with Crippen LogP contribution >= 0.6 is 0 Å². The molecule has 2 rings (SSSR count). The van der Waals surface area contributed by atoms with Crippen molar-refractivity contribution in [3.8, 4) is 0 Å². The summed E-state index contributed by atoms with van der Waals surface area (Å²) in [7, 11) is 2.14. The summed E-state index contributed by atoms with van der Waals surface area (Å²) in [5.41, 5.74) is 1.41. The Hall–Kier alpha value is -0.820. The summed E-state index contributed by atoms with van der Waals surface area (Å²) in [5, 5.41) is 0. The van der Waals surface area contributed by atoms with Crippen molar-refractivity contribution in [1.82, 2.24) is 4.90 Å². The average Bonchev–Trinajstić information content (AvgIpc) is 2.51. The zero-order valence-corrected chi connectivity index (χ0v) is 16.2. The molecular weight excluding hydrogens is 254 g/mol. The highest BCUT2D eigenvalue weighted by Crippen LogP contribution is 2.11. The summed E-state index contributed by atoms with van der Waals surface area (Å²) < 4.78 is 0. The Bertz CT molecular complexity index is 250. The third-order valence-corrected chi connectivity index (χ3v) is 2.55. The van der Waals surface area contributed by atoms with Crippen LogP contribution in [0.3, 0.4) is 0 Å². The van der Waals surface area contributed by atoms with Gasteiger partial charge in [-0.15, -0.1) is 0 Å². The summed E-state index contributed by atoms with van der Waals surface area (Å²) >= 11 is 0. The van der Waals surface area contributed by atoms with E-state index in [0.717, 1.165) is 0 Å². The Morgan fingerprint density at radius 1 is 0.905 bits per heavy atom. The fraction of sp³-hybridized carbons (Fsp3) is 0.700. The number of hydrogen-bond acceptors (Lipinski definition) is 1. The molecule has 0 aliphatic carbocycles. The van der Waals surface area contributed by atoms with Gasteiger partial charge in [0.1, 0.15) is 0 Å². The first-order chi connectivity index (χ1) is 10.1. The second-order valence-corrected chi connectivity index (χ2v) is 4.93. The second-order valence-electron chi connectivity index (χ2n) is 4.93. The SMILES string of the molecule is CC.CC.CC(C)c1ccccc1.CCC.CN1CCC1. The van der Waals surface area contributed by atoms with Crippen LogP contribution in [0.1, 0.15) is 79.7 Å². The Labute approximate surface area is 135 Å². The zero-order valence-electron chi connectivity index (χ0n) is 16.2. The molecule has 1 aromatic carbocycles. The monoisotopic (exact) mass is 295 g/mol. The number of rotatable bonds is 1.